The first-order valence-electron chi connectivity index (χ1n) is 10.7. The van der Waals surface area contributed by atoms with Crippen molar-refractivity contribution in [2.75, 3.05) is 43.0 Å². The highest BCUT2D eigenvalue weighted by Crippen LogP contribution is 2.21. The van der Waals surface area contributed by atoms with E-state index in [0.29, 0.717) is 0 Å². The molecule has 1 N–H and O–H groups in total. The van der Waals surface area contributed by atoms with Gasteiger partial charge < -0.3 is 10.2 Å². The quantitative estimate of drug-likeness (QED) is 0.790. The van der Waals surface area contributed by atoms with Gasteiger partial charge >= 0.3 is 0 Å². The minimum absolute atomic E-state index is 0.0722. The second-order valence-corrected chi connectivity index (χ2v) is 9.28. The van der Waals surface area contributed by atoms with Gasteiger partial charge in [0.05, 0.1) is 6.04 Å². The summed E-state index contributed by atoms with van der Waals surface area (Å²) in [6.07, 6.45) is 2.08. The van der Waals surface area contributed by atoms with Gasteiger partial charge in [-0.2, -0.15) is 11.8 Å². The van der Waals surface area contributed by atoms with E-state index in [1.807, 2.05) is 19.1 Å². The van der Waals surface area contributed by atoms with Crippen LogP contribution in [0, 0.1) is 0 Å². The average molecular weight is 410 g/mol. The summed E-state index contributed by atoms with van der Waals surface area (Å²) < 4.78 is 0. The number of fused-ring (bicyclic) bond motifs is 1. The number of nitrogens with zero attached hydrogens (tertiary/aromatic N) is 2. The van der Waals surface area contributed by atoms with E-state index >= 15 is 0 Å². The van der Waals surface area contributed by atoms with E-state index in [1.54, 1.807) is 0 Å². The number of anilines is 1. The van der Waals surface area contributed by atoms with Gasteiger partial charge in [0.1, 0.15) is 0 Å². The molecule has 29 heavy (non-hydrogen) atoms. The molecule has 4 nitrogen and oxygen atoms in total. The lowest BCUT2D eigenvalue weighted by atomic mass is 9.99. The molecule has 1 amide bonds. The lowest BCUT2D eigenvalue weighted by Crippen LogP contribution is -2.44. The predicted octanol–water partition coefficient (Wildman–Crippen LogP) is 3.66. The summed E-state index contributed by atoms with van der Waals surface area (Å²) in [7, 11) is 0. The fraction of sp³-hybridized carbons (Fsp3) is 0.458. The van der Waals surface area contributed by atoms with E-state index in [1.165, 1.54) is 41.3 Å². The van der Waals surface area contributed by atoms with Crippen molar-refractivity contribution in [3.8, 4) is 0 Å². The summed E-state index contributed by atoms with van der Waals surface area (Å²) >= 11 is 2.05. The molecule has 0 spiro atoms. The summed E-state index contributed by atoms with van der Waals surface area (Å²) in [6, 6.07) is 16.8. The van der Waals surface area contributed by atoms with Gasteiger partial charge in [-0.05, 0) is 48.6 Å². The first-order chi connectivity index (χ1) is 14.2. The van der Waals surface area contributed by atoms with Crippen molar-refractivity contribution in [1.82, 2.24) is 9.80 Å². The van der Waals surface area contributed by atoms with Crippen LogP contribution in [0.15, 0.2) is 48.5 Å². The summed E-state index contributed by atoms with van der Waals surface area (Å²) in [5.74, 6) is 2.58. The standard InChI is InChI=1S/C24H31N3OS/c1-19(27-13-11-21-4-2-3-5-22(21)18-27)24(28)25-23-8-6-20(7-9-23)10-12-26-14-16-29-17-15-26/h2-9,19H,10-18H2,1H3,(H,25,28). The Kier molecular flexibility index (Phi) is 6.90. The molecular weight excluding hydrogens is 378 g/mol. The number of carbonyl (C=O) groups is 1. The molecule has 2 aliphatic heterocycles. The molecule has 0 radical (unpaired) electrons. The van der Waals surface area contributed by atoms with Crippen molar-refractivity contribution in [2.45, 2.75) is 32.4 Å². The molecule has 154 valence electrons. The first-order valence-corrected chi connectivity index (χ1v) is 11.9. The van der Waals surface area contributed by atoms with Crippen LogP contribution in [0.4, 0.5) is 5.69 Å². The predicted molar refractivity (Wildman–Crippen MR) is 123 cm³/mol. The Labute approximate surface area is 178 Å². The van der Waals surface area contributed by atoms with Crippen molar-refractivity contribution in [3.63, 3.8) is 0 Å². The van der Waals surface area contributed by atoms with Crippen LogP contribution < -0.4 is 5.32 Å². The molecule has 1 atom stereocenters. The lowest BCUT2D eigenvalue weighted by molar-refractivity contribution is -0.121. The van der Waals surface area contributed by atoms with Crippen LogP contribution in [0.2, 0.25) is 0 Å². The summed E-state index contributed by atoms with van der Waals surface area (Å²) in [4.78, 5) is 17.6. The van der Waals surface area contributed by atoms with Crippen molar-refractivity contribution in [3.05, 3.63) is 65.2 Å². The number of amides is 1. The van der Waals surface area contributed by atoms with Gasteiger partial charge in [-0.1, -0.05) is 36.4 Å². The smallest absolute Gasteiger partial charge is 0.241 e. The van der Waals surface area contributed by atoms with E-state index in [4.69, 9.17) is 0 Å². The maximum Gasteiger partial charge on any atom is 0.241 e. The van der Waals surface area contributed by atoms with Gasteiger partial charge in [-0.25, -0.2) is 0 Å². The van der Waals surface area contributed by atoms with Crippen LogP contribution >= 0.6 is 11.8 Å². The summed E-state index contributed by atoms with van der Waals surface area (Å²) in [5.41, 5.74) is 4.98. The zero-order chi connectivity index (χ0) is 20.1. The second kappa shape index (κ2) is 9.79. The first kappa shape index (κ1) is 20.5. The van der Waals surface area contributed by atoms with Crippen molar-refractivity contribution in [1.29, 1.82) is 0 Å². The van der Waals surface area contributed by atoms with Crippen molar-refractivity contribution >= 4 is 23.4 Å². The Morgan fingerprint density at radius 2 is 1.76 bits per heavy atom. The number of hydrogen-bond acceptors (Lipinski definition) is 4. The van der Waals surface area contributed by atoms with E-state index < -0.39 is 0 Å². The van der Waals surface area contributed by atoms with Gasteiger partial charge in [-0.3, -0.25) is 9.69 Å². The second-order valence-electron chi connectivity index (χ2n) is 8.06. The monoisotopic (exact) mass is 409 g/mol. The average Bonchev–Trinajstić information content (AvgIpc) is 2.78. The minimum Gasteiger partial charge on any atom is -0.325 e. The Hall–Kier alpha value is -1.82. The zero-order valence-electron chi connectivity index (χ0n) is 17.3. The highest BCUT2D eigenvalue weighted by molar-refractivity contribution is 7.99. The number of carbonyl (C=O) groups excluding carboxylic acids is 1. The Morgan fingerprint density at radius 3 is 2.52 bits per heavy atom. The van der Waals surface area contributed by atoms with Gasteiger partial charge in [0.25, 0.3) is 0 Å². The van der Waals surface area contributed by atoms with E-state index in [0.717, 1.165) is 38.2 Å². The minimum atomic E-state index is -0.139. The Bertz CT molecular complexity index is 817. The maximum absolute atomic E-state index is 12.8. The van der Waals surface area contributed by atoms with E-state index in [2.05, 4.69) is 63.3 Å². The Morgan fingerprint density at radius 1 is 1.03 bits per heavy atom. The third-order valence-electron chi connectivity index (χ3n) is 6.13. The van der Waals surface area contributed by atoms with Crippen LogP contribution in [0.25, 0.3) is 0 Å². The number of hydrogen-bond donors (Lipinski definition) is 1. The molecule has 2 aromatic carbocycles. The fourth-order valence-corrected chi connectivity index (χ4v) is 5.11. The maximum atomic E-state index is 12.8. The van der Waals surface area contributed by atoms with Gasteiger partial charge in [-0.15, -0.1) is 0 Å². The molecule has 1 fully saturated rings. The molecule has 2 aromatic rings. The van der Waals surface area contributed by atoms with Crippen LogP contribution in [0.1, 0.15) is 23.6 Å². The largest absolute Gasteiger partial charge is 0.325 e. The van der Waals surface area contributed by atoms with Crippen molar-refractivity contribution in [2.24, 2.45) is 0 Å². The SMILES string of the molecule is CC(C(=O)Nc1ccc(CCN2CCSCC2)cc1)N1CCc2ccccc2C1. The molecule has 1 saturated heterocycles. The number of nitrogens with one attached hydrogen (secondary N) is 1. The molecule has 0 aliphatic carbocycles. The molecule has 2 heterocycles. The van der Waals surface area contributed by atoms with E-state index in [9.17, 15) is 4.79 Å². The van der Waals surface area contributed by atoms with E-state index in [-0.39, 0.29) is 11.9 Å². The number of rotatable bonds is 6. The van der Waals surface area contributed by atoms with Crippen LogP contribution in [-0.2, 0) is 24.2 Å². The Balaban J connectivity index is 1.28. The van der Waals surface area contributed by atoms with Gasteiger partial charge in [0.15, 0.2) is 0 Å². The lowest BCUT2D eigenvalue weighted by Gasteiger charge is -2.32. The molecule has 5 heteroatoms. The van der Waals surface area contributed by atoms with Gasteiger partial charge in [0, 0.05) is 49.9 Å². The van der Waals surface area contributed by atoms with Crippen LogP contribution in [0.5, 0.6) is 0 Å². The molecule has 0 saturated carbocycles. The fourth-order valence-electron chi connectivity index (χ4n) is 4.13. The van der Waals surface area contributed by atoms with Crippen molar-refractivity contribution < 1.29 is 4.79 Å². The topological polar surface area (TPSA) is 35.6 Å². The number of thioether (sulfide) groups is 1. The molecule has 0 bridgehead atoms. The molecular formula is C24H31N3OS. The molecule has 4 rings (SSSR count). The molecule has 0 aromatic heterocycles. The number of benzene rings is 2. The highest BCUT2D eigenvalue weighted by Gasteiger charge is 2.25. The molecule has 1 unspecified atom stereocenters. The third-order valence-corrected chi connectivity index (χ3v) is 7.07. The normalized spacial score (nSPS) is 18.8. The highest BCUT2D eigenvalue weighted by atomic mass is 32.2. The summed E-state index contributed by atoms with van der Waals surface area (Å²) in [5, 5.41) is 3.10. The third kappa shape index (κ3) is 5.41. The molecule has 2 aliphatic rings. The van der Waals surface area contributed by atoms with Crippen LogP contribution in [-0.4, -0.2) is 59.4 Å². The zero-order valence-corrected chi connectivity index (χ0v) is 18.1. The van der Waals surface area contributed by atoms with Gasteiger partial charge in [0.2, 0.25) is 5.91 Å². The van der Waals surface area contributed by atoms with Crippen LogP contribution in [0.3, 0.4) is 0 Å². The summed E-state index contributed by atoms with van der Waals surface area (Å²) in [6.45, 7) is 7.32.